The second-order valence-corrected chi connectivity index (χ2v) is 9.09. The van der Waals surface area contributed by atoms with E-state index in [0.29, 0.717) is 22.3 Å². The van der Waals surface area contributed by atoms with Gasteiger partial charge in [0.25, 0.3) is 5.91 Å². The molecule has 0 aromatic carbocycles. The molecule has 2 fully saturated rings. The molecule has 2 aliphatic rings. The molecule has 3 heterocycles. The van der Waals surface area contributed by atoms with Crippen LogP contribution in [-0.2, 0) is 9.84 Å². The number of amides is 1. The van der Waals surface area contributed by atoms with E-state index in [1.165, 1.54) is 16.2 Å². The summed E-state index contributed by atoms with van der Waals surface area (Å²) in [4.78, 5) is 14.6. The van der Waals surface area contributed by atoms with E-state index in [-0.39, 0.29) is 23.5 Å². The van der Waals surface area contributed by atoms with Crippen LogP contribution in [0.15, 0.2) is 0 Å². The Morgan fingerprint density at radius 2 is 2.09 bits per heavy atom. The number of aromatic nitrogens is 4. The van der Waals surface area contributed by atoms with E-state index in [0.717, 1.165) is 18.7 Å². The molecule has 8 nitrogen and oxygen atoms in total. The van der Waals surface area contributed by atoms with Gasteiger partial charge in [-0.05, 0) is 19.3 Å². The number of rotatable bonds is 3. The Morgan fingerprint density at radius 3 is 2.73 bits per heavy atom. The van der Waals surface area contributed by atoms with E-state index in [1.807, 2.05) is 0 Å². The molecule has 10 heteroatoms. The molecule has 22 heavy (non-hydrogen) atoms. The molecule has 2 aromatic heterocycles. The van der Waals surface area contributed by atoms with Crippen LogP contribution < -0.4 is 0 Å². The smallest absolute Gasteiger partial charge is 0.284 e. The van der Waals surface area contributed by atoms with Crippen molar-refractivity contribution >= 4 is 32.0 Å². The number of carbonyl (C=O) groups excluding carboxylic acids is 1. The van der Waals surface area contributed by atoms with Crippen molar-refractivity contribution in [2.24, 2.45) is 0 Å². The first kappa shape index (κ1) is 14.1. The number of nitrogens with zero attached hydrogens (tertiary/aromatic N) is 5. The fraction of sp³-hybridized carbons (Fsp3) is 0.667. The monoisotopic (exact) mass is 341 g/mol. The minimum atomic E-state index is -3.02. The Balaban J connectivity index is 1.59. The summed E-state index contributed by atoms with van der Waals surface area (Å²) in [6.45, 7) is 0. The SMILES string of the molecule is CN(C(=O)c1nn2c(C3CC3)nnc2s1)C1CCS(=O)(=O)C1. The zero-order valence-electron chi connectivity index (χ0n) is 12.0. The molecule has 2 aromatic rings. The highest BCUT2D eigenvalue weighted by Gasteiger charge is 2.35. The molecule has 1 amide bonds. The zero-order valence-corrected chi connectivity index (χ0v) is 13.6. The lowest BCUT2D eigenvalue weighted by molar-refractivity contribution is 0.0746. The molecule has 1 unspecified atom stereocenters. The number of sulfone groups is 1. The van der Waals surface area contributed by atoms with E-state index in [1.54, 1.807) is 11.6 Å². The minimum absolute atomic E-state index is 0.0344. The molecule has 1 saturated heterocycles. The second-order valence-electron chi connectivity index (χ2n) is 5.91. The van der Waals surface area contributed by atoms with Gasteiger partial charge in [0.05, 0.1) is 11.5 Å². The second kappa shape index (κ2) is 4.72. The molecule has 1 saturated carbocycles. The van der Waals surface area contributed by atoms with Crippen LogP contribution in [0.2, 0.25) is 0 Å². The van der Waals surface area contributed by atoms with Crippen molar-refractivity contribution in [3.8, 4) is 0 Å². The Morgan fingerprint density at radius 1 is 1.32 bits per heavy atom. The molecule has 0 spiro atoms. The van der Waals surface area contributed by atoms with Crippen molar-refractivity contribution < 1.29 is 13.2 Å². The third kappa shape index (κ3) is 2.30. The molecule has 1 aliphatic heterocycles. The standard InChI is InChI=1S/C12H15N5O3S2/c1-16(8-4-5-22(19,20)6-8)11(18)10-15-17-9(7-2-3-7)13-14-12(17)21-10/h7-8H,2-6H2,1H3. The van der Waals surface area contributed by atoms with Crippen molar-refractivity contribution in [2.75, 3.05) is 18.6 Å². The van der Waals surface area contributed by atoms with E-state index >= 15 is 0 Å². The summed E-state index contributed by atoms with van der Waals surface area (Å²) < 4.78 is 24.8. The van der Waals surface area contributed by atoms with Crippen LogP contribution in [0.4, 0.5) is 0 Å². The van der Waals surface area contributed by atoms with Crippen LogP contribution in [0.5, 0.6) is 0 Å². The summed E-state index contributed by atoms with van der Waals surface area (Å²) in [5.41, 5.74) is 0. The normalized spacial score (nSPS) is 24.0. The Hall–Kier alpha value is -1.55. The first-order valence-electron chi connectivity index (χ1n) is 7.14. The maximum atomic E-state index is 12.5. The fourth-order valence-electron chi connectivity index (χ4n) is 2.71. The van der Waals surface area contributed by atoms with Crippen LogP contribution in [0.3, 0.4) is 0 Å². The lowest BCUT2D eigenvalue weighted by Crippen LogP contribution is -2.37. The van der Waals surface area contributed by atoms with Crippen molar-refractivity contribution in [3.05, 3.63) is 10.8 Å². The lowest BCUT2D eigenvalue weighted by atomic mass is 10.2. The number of hydrogen-bond acceptors (Lipinski definition) is 7. The Bertz CT molecular complexity index is 851. The van der Waals surface area contributed by atoms with E-state index in [4.69, 9.17) is 0 Å². The summed E-state index contributed by atoms with van der Waals surface area (Å²) in [5, 5.41) is 12.8. The van der Waals surface area contributed by atoms with E-state index in [2.05, 4.69) is 15.3 Å². The third-order valence-corrected chi connectivity index (χ3v) is 6.85. The quantitative estimate of drug-likeness (QED) is 0.797. The molecule has 1 atom stereocenters. The first-order valence-corrected chi connectivity index (χ1v) is 9.78. The first-order chi connectivity index (χ1) is 10.4. The summed E-state index contributed by atoms with van der Waals surface area (Å²) in [6.07, 6.45) is 2.66. The van der Waals surface area contributed by atoms with Crippen LogP contribution in [-0.4, -0.2) is 63.6 Å². The average Bonchev–Trinajstić information content (AvgIpc) is 2.93. The molecule has 118 valence electrons. The maximum absolute atomic E-state index is 12.5. The molecule has 1 aliphatic carbocycles. The molecular weight excluding hydrogens is 326 g/mol. The van der Waals surface area contributed by atoms with Crippen LogP contribution in [0.1, 0.15) is 40.8 Å². The van der Waals surface area contributed by atoms with Gasteiger partial charge in [-0.3, -0.25) is 4.79 Å². The zero-order chi connectivity index (χ0) is 15.5. The Kier molecular flexibility index (Phi) is 3.02. The predicted octanol–water partition coefficient (Wildman–Crippen LogP) is 0.322. The maximum Gasteiger partial charge on any atom is 0.284 e. The highest BCUT2D eigenvalue weighted by molar-refractivity contribution is 7.91. The number of carbonyl (C=O) groups is 1. The summed E-state index contributed by atoms with van der Waals surface area (Å²) in [6, 6.07) is -0.269. The molecular formula is C12H15N5O3S2. The fourth-order valence-corrected chi connectivity index (χ4v) is 5.32. The van der Waals surface area contributed by atoms with Gasteiger partial charge in [-0.15, -0.1) is 15.3 Å². The van der Waals surface area contributed by atoms with Gasteiger partial charge < -0.3 is 4.90 Å². The van der Waals surface area contributed by atoms with Gasteiger partial charge >= 0.3 is 0 Å². The highest BCUT2D eigenvalue weighted by atomic mass is 32.2. The van der Waals surface area contributed by atoms with Gasteiger partial charge in [-0.2, -0.15) is 4.52 Å². The van der Waals surface area contributed by atoms with Crippen LogP contribution >= 0.6 is 11.3 Å². The molecule has 0 N–H and O–H groups in total. The topological polar surface area (TPSA) is 97.5 Å². The van der Waals surface area contributed by atoms with Gasteiger partial charge in [0.2, 0.25) is 9.97 Å². The van der Waals surface area contributed by atoms with Crippen molar-refractivity contribution in [1.82, 2.24) is 24.7 Å². The third-order valence-electron chi connectivity index (χ3n) is 4.22. The van der Waals surface area contributed by atoms with Gasteiger partial charge in [-0.25, -0.2) is 8.42 Å². The van der Waals surface area contributed by atoms with Crippen molar-refractivity contribution in [2.45, 2.75) is 31.2 Å². The summed E-state index contributed by atoms with van der Waals surface area (Å²) in [7, 11) is -1.38. The van der Waals surface area contributed by atoms with Gasteiger partial charge in [0.15, 0.2) is 15.7 Å². The molecule has 0 bridgehead atoms. The number of hydrogen-bond donors (Lipinski definition) is 0. The lowest BCUT2D eigenvalue weighted by Gasteiger charge is -2.21. The van der Waals surface area contributed by atoms with Gasteiger partial charge in [0, 0.05) is 19.0 Å². The molecule has 4 rings (SSSR count). The summed E-state index contributed by atoms with van der Waals surface area (Å²) in [5.74, 6) is 1.15. The number of fused-ring (bicyclic) bond motifs is 1. The summed E-state index contributed by atoms with van der Waals surface area (Å²) >= 11 is 1.20. The predicted molar refractivity (Wildman–Crippen MR) is 79.8 cm³/mol. The minimum Gasteiger partial charge on any atom is -0.336 e. The van der Waals surface area contributed by atoms with Gasteiger partial charge in [0.1, 0.15) is 0 Å². The molecule has 0 radical (unpaired) electrons. The van der Waals surface area contributed by atoms with Crippen molar-refractivity contribution in [3.63, 3.8) is 0 Å². The Labute approximate surface area is 131 Å². The van der Waals surface area contributed by atoms with E-state index in [9.17, 15) is 13.2 Å². The van der Waals surface area contributed by atoms with Crippen molar-refractivity contribution in [1.29, 1.82) is 0 Å². The van der Waals surface area contributed by atoms with Crippen LogP contribution in [0, 0.1) is 0 Å². The van der Waals surface area contributed by atoms with Gasteiger partial charge in [-0.1, -0.05) is 11.3 Å². The van der Waals surface area contributed by atoms with Crippen LogP contribution in [0.25, 0.3) is 4.96 Å². The van der Waals surface area contributed by atoms with E-state index < -0.39 is 9.84 Å². The largest absolute Gasteiger partial charge is 0.336 e. The average molecular weight is 341 g/mol. The highest BCUT2D eigenvalue weighted by Crippen LogP contribution is 2.39.